The number of imidazole rings is 1. The van der Waals surface area contributed by atoms with Gasteiger partial charge in [0.25, 0.3) is 0 Å². The second kappa shape index (κ2) is 5.10. The molecule has 2 aromatic heterocycles. The molecule has 1 aromatic carbocycles. The van der Waals surface area contributed by atoms with E-state index >= 15 is 0 Å². The van der Waals surface area contributed by atoms with Gasteiger partial charge in [-0.15, -0.1) is 0 Å². The number of nitrogens with zero attached hydrogens (tertiary/aromatic N) is 3. The van der Waals surface area contributed by atoms with Crippen molar-refractivity contribution in [3.63, 3.8) is 0 Å². The summed E-state index contributed by atoms with van der Waals surface area (Å²) in [5.41, 5.74) is 7.19. The van der Waals surface area contributed by atoms with Crippen LogP contribution in [0.5, 0.6) is 0 Å². The molecular formula is C17H19N5. The smallest absolute Gasteiger partial charge is 0.0926 e. The van der Waals surface area contributed by atoms with E-state index in [1.54, 1.807) is 6.33 Å². The molecule has 0 spiro atoms. The Hall–Kier alpha value is -2.40. The van der Waals surface area contributed by atoms with Crippen LogP contribution < -0.4 is 5.32 Å². The maximum atomic E-state index is 4.55. The largest absolute Gasteiger partial charge is 0.348 e. The molecule has 22 heavy (non-hydrogen) atoms. The van der Waals surface area contributed by atoms with Gasteiger partial charge in [-0.2, -0.15) is 5.10 Å². The Balaban J connectivity index is 1.93. The molecule has 5 nitrogen and oxygen atoms in total. The van der Waals surface area contributed by atoms with Crippen LogP contribution in [-0.4, -0.2) is 26.3 Å². The molecule has 1 aliphatic heterocycles. The van der Waals surface area contributed by atoms with Gasteiger partial charge >= 0.3 is 0 Å². The molecule has 3 aromatic rings. The third-order valence-electron chi connectivity index (χ3n) is 4.27. The Kier molecular flexibility index (Phi) is 3.08. The Labute approximate surface area is 129 Å². The van der Waals surface area contributed by atoms with Crippen LogP contribution in [0.1, 0.15) is 34.1 Å². The molecule has 3 heterocycles. The maximum Gasteiger partial charge on any atom is 0.0926 e. The zero-order chi connectivity index (χ0) is 15.1. The zero-order valence-corrected chi connectivity index (χ0v) is 12.8. The normalized spacial score (nSPS) is 17.5. The molecule has 0 amide bonds. The summed E-state index contributed by atoms with van der Waals surface area (Å²) in [5, 5.41) is 8.05. The number of nitrogens with one attached hydrogen (secondary N) is 2. The second-order valence-corrected chi connectivity index (χ2v) is 5.87. The minimum Gasteiger partial charge on any atom is -0.348 e. The summed E-state index contributed by atoms with van der Waals surface area (Å²) in [6, 6.07) is 6.50. The second-order valence-electron chi connectivity index (χ2n) is 5.87. The summed E-state index contributed by atoms with van der Waals surface area (Å²) in [5.74, 6) is 0. The van der Waals surface area contributed by atoms with Crippen LogP contribution in [0.15, 0.2) is 36.9 Å². The number of hydrogen-bond donors (Lipinski definition) is 2. The van der Waals surface area contributed by atoms with Crippen LogP contribution in [0.4, 0.5) is 0 Å². The minimum absolute atomic E-state index is 0.104. The quantitative estimate of drug-likeness (QED) is 0.763. The lowest BCUT2D eigenvalue weighted by atomic mass is 9.93. The summed E-state index contributed by atoms with van der Waals surface area (Å²) in [7, 11) is 0. The SMILES string of the molecule is Cc1cc(C)c(-n2cccn2)c([C@@H]2NCCc3[nH]cnc32)c1. The van der Waals surface area contributed by atoms with E-state index in [1.807, 2.05) is 23.1 Å². The fourth-order valence-electron chi connectivity index (χ4n) is 3.40. The Morgan fingerprint density at radius 1 is 1.27 bits per heavy atom. The van der Waals surface area contributed by atoms with Crippen molar-refractivity contribution >= 4 is 0 Å². The third-order valence-corrected chi connectivity index (χ3v) is 4.27. The number of H-pyrrole nitrogens is 1. The van der Waals surface area contributed by atoms with Gasteiger partial charge < -0.3 is 10.3 Å². The van der Waals surface area contributed by atoms with Crippen LogP contribution in [0.25, 0.3) is 5.69 Å². The first-order valence-corrected chi connectivity index (χ1v) is 7.60. The fourth-order valence-corrected chi connectivity index (χ4v) is 3.40. The summed E-state index contributed by atoms with van der Waals surface area (Å²) in [4.78, 5) is 7.82. The van der Waals surface area contributed by atoms with Crippen molar-refractivity contribution in [3.05, 3.63) is 65.0 Å². The monoisotopic (exact) mass is 293 g/mol. The predicted molar refractivity (Wildman–Crippen MR) is 85.2 cm³/mol. The molecule has 0 fully saturated rings. The van der Waals surface area contributed by atoms with Gasteiger partial charge in [-0.05, 0) is 25.5 Å². The molecule has 1 aliphatic rings. The number of hydrogen-bond acceptors (Lipinski definition) is 3. The lowest BCUT2D eigenvalue weighted by Gasteiger charge is -2.26. The Morgan fingerprint density at radius 3 is 3.00 bits per heavy atom. The van der Waals surface area contributed by atoms with Crippen LogP contribution >= 0.6 is 0 Å². The van der Waals surface area contributed by atoms with Gasteiger partial charge in [0.15, 0.2) is 0 Å². The van der Waals surface area contributed by atoms with Crippen molar-refractivity contribution in [2.24, 2.45) is 0 Å². The van der Waals surface area contributed by atoms with E-state index in [0.717, 1.165) is 24.3 Å². The van der Waals surface area contributed by atoms with E-state index in [2.05, 4.69) is 46.4 Å². The minimum atomic E-state index is 0.104. The first-order chi connectivity index (χ1) is 10.7. The van der Waals surface area contributed by atoms with E-state index < -0.39 is 0 Å². The van der Waals surface area contributed by atoms with E-state index in [-0.39, 0.29) is 6.04 Å². The maximum absolute atomic E-state index is 4.55. The van der Waals surface area contributed by atoms with Crippen LogP contribution in [0, 0.1) is 13.8 Å². The number of fused-ring (bicyclic) bond motifs is 1. The van der Waals surface area contributed by atoms with Gasteiger partial charge in [-0.25, -0.2) is 9.67 Å². The first-order valence-electron chi connectivity index (χ1n) is 7.60. The van der Waals surface area contributed by atoms with Crippen molar-refractivity contribution in [1.82, 2.24) is 25.1 Å². The Bertz CT molecular complexity index is 801. The highest BCUT2D eigenvalue weighted by Gasteiger charge is 2.27. The van der Waals surface area contributed by atoms with Gasteiger partial charge in [0.1, 0.15) is 0 Å². The van der Waals surface area contributed by atoms with Crippen molar-refractivity contribution < 1.29 is 0 Å². The fraction of sp³-hybridized carbons (Fsp3) is 0.294. The molecule has 0 radical (unpaired) electrons. The highest BCUT2D eigenvalue weighted by molar-refractivity contribution is 5.53. The number of aromatic nitrogens is 4. The molecule has 0 saturated heterocycles. The predicted octanol–water partition coefficient (Wildman–Crippen LogP) is 2.45. The molecule has 4 rings (SSSR count). The average Bonchev–Trinajstić information content (AvgIpc) is 3.17. The number of aryl methyl sites for hydroxylation is 2. The molecule has 5 heteroatoms. The number of rotatable bonds is 2. The standard InChI is InChI=1S/C17H19N5/c1-11-8-12(2)17(22-7-3-5-21-22)13(9-11)15-16-14(4-6-18-15)19-10-20-16/h3,5,7-10,15,18H,4,6H2,1-2H3,(H,19,20)/t15-/m0/s1. The zero-order valence-electron chi connectivity index (χ0n) is 12.8. The molecule has 2 N–H and O–H groups in total. The van der Waals surface area contributed by atoms with E-state index in [9.17, 15) is 0 Å². The third kappa shape index (κ3) is 2.05. The van der Waals surface area contributed by atoms with E-state index in [1.165, 1.54) is 22.4 Å². The van der Waals surface area contributed by atoms with Crippen LogP contribution in [0.3, 0.4) is 0 Å². The first kappa shape index (κ1) is 13.3. The van der Waals surface area contributed by atoms with Gasteiger partial charge in [0.05, 0.1) is 23.8 Å². The van der Waals surface area contributed by atoms with E-state index in [4.69, 9.17) is 0 Å². The van der Waals surface area contributed by atoms with Gasteiger partial charge in [-0.3, -0.25) is 0 Å². The molecule has 112 valence electrons. The van der Waals surface area contributed by atoms with Crippen LogP contribution in [-0.2, 0) is 6.42 Å². The molecular weight excluding hydrogens is 274 g/mol. The molecule has 0 saturated carbocycles. The molecule has 0 unspecified atom stereocenters. The van der Waals surface area contributed by atoms with Gasteiger partial charge in [0, 0.05) is 36.6 Å². The summed E-state index contributed by atoms with van der Waals surface area (Å²) in [6.45, 7) is 5.23. The number of aromatic amines is 1. The topological polar surface area (TPSA) is 58.5 Å². The van der Waals surface area contributed by atoms with Gasteiger partial charge in [-0.1, -0.05) is 17.7 Å². The summed E-state index contributed by atoms with van der Waals surface area (Å²) in [6.07, 6.45) is 6.60. The highest BCUT2D eigenvalue weighted by atomic mass is 15.3. The van der Waals surface area contributed by atoms with Crippen molar-refractivity contribution in [1.29, 1.82) is 0 Å². The molecule has 0 bridgehead atoms. The van der Waals surface area contributed by atoms with Crippen molar-refractivity contribution in [2.45, 2.75) is 26.3 Å². The van der Waals surface area contributed by atoms with E-state index in [0.29, 0.717) is 0 Å². The average molecular weight is 293 g/mol. The molecule has 1 atom stereocenters. The van der Waals surface area contributed by atoms with Crippen molar-refractivity contribution in [2.75, 3.05) is 6.54 Å². The van der Waals surface area contributed by atoms with Crippen LogP contribution in [0.2, 0.25) is 0 Å². The lowest BCUT2D eigenvalue weighted by molar-refractivity contribution is 0.550. The van der Waals surface area contributed by atoms with Gasteiger partial charge in [0.2, 0.25) is 0 Å². The molecule has 0 aliphatic carbocycles. The lowest BCUT2D eigenvalue weighted by Crippen LogP contribution is -2.31. The van der Waals surface area contributed by atoms with Crippen molar-refractivity contribution in [3.8, 4) is 5.69 Å². The summed E-state index contributed by atoms with van der Waals surface area (Å²) < 4.78 is 1.95. The summed E-state index contributed by atoms with van der Waals surface area (Å²) >= 11 is 0. The Morgan fingerprint density at radius 2 is 2.18 bits per heavy atom. The highest BCUT2D eigenvalue weighted by Crippen LogP contribution is 2.32. The number of benzene rings is 1.